The number of fused-ring (bicyclic) bond motifs is 1. The maximum atomic E-state index is 13.4. The first kappa shape index (κ1) is 14.3. The van der Waals surface area contributed by atoms with Gasteiger partial charge in [-0.15, -0.1) is 0 Å². The fourth-order valence-corrected chi connectivity index (χ4v) is 3.35. The normalized spacial score (nSPS) is 17.0. The molecule has 2 nitrogen and oxygen atoms in total. The van der Waals surface area contributed by atoms with Gasteiger partial charge in [0.2, 0.25) is 0 Å². The highest BCUT2D eigenvalue weighted by Crippen LogP contribution is 2.32. The maximum absolute atomic E-state index is 13.4. The fraction of sp³-hybridized carbons (Fsp3) is 0.235. The van der Waals surface area contributed by atoms with Crippen LogP contribution in [0.25, 0.3) is 0 Å². The van der Waals surface area contributed by atoms with E-state index < -0.39 is 0 Å². The van der Waals surface area contributed by atoms with Gasteiger partial charge in [-0.25, -0.2) is 4.39 Å². The summed E-state index contributed by atoms with van der Waals surface area (Å²) in [6, 6.07) is 12.5. The van der Waals surface area contributed by atoms with E-state index in [2.05, 4.69) is 21.2 Å². The van der Waals surface area contributed by atoms with Crippen LogP contribution in [0.5, 0.6) is 0 Å². The number of hydrogen-bond donors (Lipinski definition) is 1. The van der Waals surface area contributed by atoms with Gasteiger partial charge in [-0.05, 0) is 41.8 Å². The molecule has 0 saturated carbocycles. The molecule has 1 heterocycles. The Bertz CT molecular complexity index is 666. The number of benzene rings is 2. The Hall–Kier alpha value is -1.68. The molecule has 0 fully saturated rings. The average Bonchev–Trinajstić information content (AvgIpc) is 2.45. The standard InChI is InChI=1S/C17H15BrFNO/c18-12-7-11(8-13(19)10-12)9-17(21)15-5-6-20-16-4-2-1-3-14(15)16/h1-4,7-8,10,15,20H,5-6,9H2. The second kappa shape index (κ2) is 5.98. The molecule has 1 aliphatic heterocycles. The molecule has 0 saturated heterocycles. The molecule has 1 atom stereocenters. The van der Waals surface area contributed by atoms with E-state index in [1.807, 2.05) is 24.3 Å². The Kier molecular flexibility index (Phi) is 4.06. The third-order valence-corrected chi connectivity index (χ3v) is 4.23. The summed E-state index contributed by atoms with van der Waals surface area (Å²) < 4.78 is 14.1. The van der Waals surface area contributed by atoms with Gasteiger partial charge in [-0.3, -0.25) is 4.79 Å². The zero-order valence-electron chi connectivity index (χ0n) is 11.4. The Balaban J connectivity index is 1.83. The lowest BCUT2D eigenvalue weighted by atomic mass is 9.85. The molecule has 108 valence electrons. The number of Topliss-reactive ketones (excluding diaryl/α,β-unsaturated/α-hetero) is 1. The quantitative estimate of drug-likeness (QED) is 0.896. The molecular formula is C17H15BrFNO. The van der Waals surface area contributed by atoms with Crippen molar-refractivity contribution in [3.05, 3.63) is 63.9 Å². The molecule has 2 aromatic carbocycles. The number of para-hydroxylation sites is 1. The number of hydrogen-bond acceptors (Lipinski definition) is 2. The Morgan fingerprint density at radius 2 is 2.10 bits per heavy atom. The van der Waals surface area contributed by atoms with Gasteiger partial charge in [0.25, 0.3) is 0 Å². The lowest BCUT2D eigenvalue weighted by Crippen LogP contribution is -2.24. The summed E-state index contributed by atoms with van der Waals surface area (Å²) in [6.45, 7) is 0.792. The van der Waals surface area contributed by atoms with E-state index in [9.17, 15) is 9.18 Å². The number of carbonyl (C=O) groups excluding carboxylic acids is 1. The van der Waals surface area contributed by atoms with Crippen LogP contribution < -0.4 is 5.32 Å². The van der Waals surface area contributed by atoms with Crippen LogP contribution in [-0.4, -0.2) is 12.3 Å². The van der Waals surface area contributed by atoms with Crippen LogP contribution in [0.15, 0.2) is 46.9 Å². The number of rotatable bonds is 3. The zero-order chi connectivity index (χ0) is 14.8. The minimum atomic E-state index is -0.321. The van der Waals surface area contributed by atoms with Crippen molar-refractivity contribution in [3.8, 4) is 0 Å². The van der Waals surface area contributed by atoms with Gasteiger partial charge in [0.05, 0.1) is 0 Å². The predicted molar refractivity (Wildman–Crippen MR) is 85.1 cm³/mol. The topological polar surface area (TPSA) is 29.1 Å². The van der Waals surface area contributed by atoms with Gasteiger partial charge in [0, 0.05) is 29.0 Å². The Morgan fingerprint density at radius 1 is 1.29 bits per heavy atom. The minimum absolute atomic E-state index is 0.107. The molecule has 1 aliphatic rings. The molecule has 0 amide bonds. The van der Waals surface area contributed by atoms with Crippen LogP contribution in [0, 0.1) is 5.82 Å². The van der Waals surface area contributed by atoms with Gasteiger partial charge in [-0.2, -0.15) is 0 Å². The highest BCUT2D eigenvalue weighted by molar-refractivity contribution is 9.10. The first-order valence-corrected chi connectivity index (χ1v) is 7.73. The molecule has 0 aromatic heterocycles. The van der Waals surface area contributed by atoms with E-state index in [1.165, 1.54) is 12.1 Å². The number of ketones is 1. The van der Waals surface area contributed by atoms with E-state index in [0.29, 0.717) is 10.0 Å². The predicted octanol–water partition coefficient (Wildman–Crippen LogP) is 4.30. The smallest absolute Gasteiger partial charge is 0.144 e. The Labute approximate surface area is 131 Å². The van der Waals surface area contributed by atoms with Gasteiger partial charge in [-0.1, -0.05) is 34.1 Å². The average molecular weight is 348 g/mol. The summed E-state index contributed by atoms with van der Waals surface area (Å²) in [5.74, 6) is -0.288. The molecule has 0 bridgehead atoms. The van der Waals surface area contributed by atoms with Crippen LogP contribution in [0.4, 0.5) is 10.1 Å². The highest BCUT2D eigenvalue weighted by Gasteiger charge is 2.26. The van der Waals surface area contributed by atoms with Gasteiger partial charge < -0.3 is 5.32 Å². The van der Waals surface area contributed by atoms with Gasteiger partial charge >= 0.3 is 0 Å². The third-order valence-electron chi connectivity index (χ3n) is 3.77. The second-order valence-electron chi connectivity index (χ2n) is 5.28. The molecule has 0 aliphatic carbocycles. The third kappa shape index (κ3) is 3.16. The van der Waals surface area contributed by atoms with Crippen LogP contribution in [0.2, 0.25) is 0 Å². The summed E-state index contributed by atoms with van der Waals surface area (Å²) in [5, 5.41) is 3.31. The molecule has 2 aromatic rings. The van der Waals surface area contributed by atoms with Crippen molar-refractivity contribution in [1.29, 1.82) is 0 Å². The van der Waals surface area contributed by atoms with E-state index in [4.69, 9.17) is 0 Å². The monoisotopic (exact) mass is 347 g/mol. The zero-order valence-corrected chi connectivity index (χ0v) is 13.0. The van der Waals surface area contributed by atoms with Crippen molar-refractivity contribution in [3.63, 3.8) is 0 Å². The van der Waals surface area contributed by atoms with Crippen LogP contribution in [0.3, 0.4) is 0 Å². The fourth-order valence-electron chi connectivity index (χ4n) is 2.84. The largest absolute Gasteiger partial charge is 0.385 e. The van der Waals surface area contributed by atoms with E-state index in [0.717, 1.165) is 24.2 Å². The van der Waals surface area contributed by atoms with Gasteiger partial charge in [0.15, 0.2) is 0 Å². The van der Waals surface area contributed by atoms with Gasteiger partial charge in [0.1, 0.15) is 11.6 Å². The van der Waals surface area contributed by atoms with Crippen LogP contribution in [0.1, 0.15) is 23.5 Å². The molecular weight excluding hydrogens is 333 g/mol. The first-order valence-electron chi connectivity index (χ1n) is 6.94. The molecule has 1 N–H and O–H groups in total. The number of halogens is 2. The van der Waals surface area contributed by atoms with Crippen molar-refractivity contribution >= 4 is 27.4 Å². The van der Waals surface area contributed by atoms with E-state index in [-0.39, 0.29) is 23.9 Å². The second-order valence-corrected chi connectivity index (χ2v) is 6.19. The van der Waals surface area contributed by atoms with Crippen molar-refractivity contribution in [1.82, 2.24) is 0 Å². The summed E-state index contributed by atoms with van der Waals surface area (Å²) >= 11 is 3.26. The summed E-state index contributed by atoms with van der Waals surface area (Å²) in [4.78, 5) is 12.6. The Morgan fingerprint density at radius 3 is 2.90 bits per heavy atom. The summed E-state index contributed by atoms with van der Waals surface area (Å²) in [7, 11) is 0. The van der Waals surface area contributed by atoms with Crippen molar-refractivity contribution in [2.45, 2.75) is 18.8 Å². The molecule has 4 heteroatoms. The molecule has 0 radical (unpaired) electrons. The number of anilines is 1. The molecule has 3 rings (SSSR count). The minimum Gasteiger partial charge on any atom is -0.385 e. The molecule has 21 heavy (non-hydrogen) atoms. The van der Waals surface area contributed by atoms with Crippen LogP contribution >= 0.6 is 15.9 Å². The first-order chi connectivity index (χ1) is 10.1. The van der Waals surface area contributed by atoms with E-state index in [1.54, 1.807) is 6.07 Å². The highest BCUT2D eigenvalue weighted by atomic mass is 79.9. The maximum Gasteiger partial charge on any atom is 0.144 e. The van der Waals surface area contributed by atoms with Crippen LogP contribution in [-0.2, 0) is 11.2 Å². The van der Waals surface area contributed by atoms with Crippen molar-refractivity contribution in [2.75, 3.05) is 11.9 Å². The SMILES string of the molecule is O=C(Cc1cc(F)cc(Br)c1)C1CCNc2ccccc21. The van der Waals surface area contributed by atoms with Crippen molar-refractivity contribution in [2.24, 2.45) is 0 Å². The molecule has 1 unspecified atom stereocenters. The lowest BCUT2D eigenvalue weighted by Gasteiger charge is -2.25. The number of nitrogens with one attached hydrogen (secondary N) is 1. The lowest BCUT2D eigenvalue weighted by molar-refractivity contribution is -0.120. The number of carbonyl (C=O) groups is 1. The van der Waals surface area contributed by atoms with Crippen molar-refractivity contribution < 1.29 is 9.18 Å². The molecule has 0 spiro atoms. The van der Waals surface area contributed by atoms with E-state index >= 15 is 0 Å². The summed E-state index contributed by atoms with van der Waals surface area (Å²) in [5.41, 5.74) is 2.79. The summed E-state index contributed by atoms with van der Waals surface area (Å²) in [6.07, 6.45) is 1.04.